The molecule has 100 valence electrons. The number of hydrogen-bond acceptors (Lipinski definition) is 3. The number of amides is 1. The van der Waals surface area contributed by atoms with Crippen LogP contribution in [0.25, 0.3) is 0 Å². The van der Waals surface area contributed by atoms with E-state index in [4.69, 9.17) is 0 Å². The minimum atomic E-state index is 0.0469. The lowest BCUT2D eigenvalue weighted by molar-refractivity contribution is 0.0772. The van der Waals surface area contributed by atoms with E-state index < -0.39 is 0 Å². The van der Waals surface area contributed by atoms with E-state index in [1.54, 1.807) is 21.7 Å². The molecule has 6 heteroatoms. The van der Waals surface area contributed by atoms with E-state index in [-0.39, 0.29) is 5.91 Å². The lowest BCUT2D eigenvalue weighted by Gasteiger charge is -2.17. The normalized spacial score (nSPS) is 14.6. The first-order chi connectivity index (χ1) is 9.15. The zero-order chi connectivity index (χ0) is 13.4. The van der Waals surface area contributed by atoms with Gasteiger partial charge in [0.2, 0.25) is 0 Å². The molecule has 2 aromatic heterocycles. The largest absolute Gasteiger partial charge is 0.339 e. The average molecular weight is 340 g/mol. The summed E-state index contributed by atoms with van der Waals surface area (Å²) in [4.78, 5) is 18.4. The lowest BCUT2D eigenvalue weighted by atomic mass is 10.3. The van der Waals surface area contributed by atoms with Crippen molar-refractivity contribution >= 4 is 33.2 Å². The van der Waals surface area contributed by atoms with E-state index in [0.29, 0.717) is 12.6 Å². The van der Waals surface area contributed by atoms with Gasteiger partial charge in [-0.15, -0.1) is 11.3 Å². The molecule has 2 heterocycles. The molecule has 0 aromatic carbocycles. The van der Waals surface area contributed by atoms with Gasteiger partial charge in [-0.25, -0.2) is 4.98 Å². The van der Waals surface area contributed by atoms with Crippen molar-refractivity contribution in [2.75, 3.05) is 7.05 Å². The molecule has 4 nitrogen and oxygen atoms in total. The van der Waals surface area contributed by atoms with E-state index in [1.165, 1.54) is 0 Å². The van der Waals surface area contributed by atoms with Crippen molar-refractivity contribution in [3.8, 4) is 0 Å². The Hall–Kier alpha value is -1.14. The summed E-state index contributed by atoms with van der Waals surface area (Å²) in [6.07, 6.45) is 4.33. The first kappa shape index (κ1) is 12.9. The van der Waals surface area contributed by atoms with Gasteiger partial charge in [-0.2, -0.15) is 0 Å². The van der Waals surface area contributed by atoms with Gasteiger partial charge in [0.1, 0.15) is 5.69 Å². The zero-order valence-corrected chi connectivity index (χ0v) is 12.9. The van der Waals surface area contributed by atoms with Gasteiger partial charge >= 0.3 is 0 Å². The molecule has 0 aliphatic heterocycles. The standard InChI is InChI=1S/C13H14BrN3OS/c1-16(6-10-7-19-8-15-10)13(18)12-4-9(14)5-17(12)11-2-3-11/h4-5,7-8,11H,2-3,6H2,1H3. The molecular weight excluding hydrogens is 326 g/mol. The van der Waals surface area contributed by atoms with E-state index in [0.717, 1.165) is 28.7 Å². The van der Waals surface area contributed by atoms with Gasteiger partial charge in [0.15, 0.2) is 0 Å². The maximum atomic E-state index is 12.5. The number of rotatable bonds is 4. The second kappa shape index (κ2) is 5.09. The third-order valence-electron chi connectivity index (χ3n) is 3.20. The molecule has 3 rings (SSSR count). The maximum absolute atomic E-state index is 12.5. The SMILES string of the molecule is CN(Cc1cscn1)C(=O)c1cc(Br)cn1C1CC1. The molecule has 0 unspecified atom stereocenters. The number of nitrogens with zero attached hydrogens (tertiary/aromatic N) is 3. The van der Waals surface area contributed by atoms with Crippen molar-refractivity contribution in [1.82, 2.24) is 14.5 Å². The van der Waals surface area contributed by atoms with Crippen molar-refractivity contribution in [2.45, 2.75) is 25.4 Å². The summed E-state index contributed by atoms with van der Waals surface area (Å²) in [5, 5.41) is 1.97. The van der Waals surface area contributed by atoms with Gasteiger partial charge in [-0.05, 0) is 34.8 Å². The molecule has 0 N–H and O–H groups in total. The topological polar surface area (TPSA) is 38.1 Å². The summed E-state index contributed by atoms with van der Waals surface area (Å²) in [5.74, 6) is 0.0469. The zero-order valence-electron chi connectivity index (χ0n) is 10.5. The Morgan fingerprint density at radius 2 is 2.42 bits per heavy atom. The lowest BCUT2D eigenvalue weighted by Crippen LogP contribution is -2.28. The second-order valence-corrected chi connectivity index (χ2v) is 6.46. The van der Waals surface area contributed by atoms with Gasteiger partial charge in [-0.3, -0.25) is 4.79 Å². The molecule has 1 fully saturated rings. The van der Waals surface area contributed by atoms with Gasteiger partial charge < -0.3 is 9.47 Å². The fourth-order valence-corrected chi connectivity index (χ4v) is 3.08. The third kappa shape index (κ3) is 2.74. The monoisotopic (exact) mass is 339 g/mol. The van der Waals surface area contributed by atoms with Crippen molar-refractivity contribution in [2.24, 2.45) is 0 Å². The molecule has 0 saturated heterocycles. The summed E-state index contributed by atoms with van der Waals surface area (Å²) < 4.78 is 3.05. The minimum Gasteiger partial charge on any atom is -0.339 e. The van der Waals surface area contributed by atoms with Crippen LogP contribution in [0.15, 0.2) is 27.6 Å². The Balaban J connectivity index is 1.79. The van der Waals surface area contributed by atoms with Crippen LogP contribution in [-0.4, -0.2) is 27.4 Å². The fourth-order valence-electron chi connectivity index (χ4n) is 2.10. The van der Waals surface area contributed by atoms with E-state index in [1.807, 2.05) is 24.7 Å². The highest BCUT2D eigenvalue weighted by molar-refractivity contribution is 9.10. The van der Waals surface area contributed by atoms with Crippen LogP contribution < -0.4 is 0 Å². The number of carbonyl (C=O) groups is 1. The van der Waals surface area contributed by atoms with Gasteiger partial charge in [0, 0.05) is 29.1 Å². The molecule has 0 radical (unpaired) electrons. The van der Waals surface area contributed by atoms with Crippen LogP contribution in [0.4, 0.5) is 0 Å². The van der Waals surface area contributed by atoms with E-state index >= 15 is 0 Å². The third-order valence-corrected chi connectivity index (χ3v) is 4.27. The van der Waals surface area contributed by atoms with Crippen LogP contribution in [0, 0.1) is 0 Å². The number of halogens is 1. The molecule has 0 bridgehead atoms. The molecule has 0 atom stereocenters. The van der Waals surface area contributed by atoms with Gasteiger partial charge in [0.05, 0.1) is 17.7 Å². The smallest absolute Gasteiger partial charge is 0.270 e. The summed E-state index contributed by atoms with van der Waals surface area (Å²) >= 11 is 5.00. The fraction of sp³-hybridized carbons (Fsp3) is 0.385. The first-order valence-corrected chi connectivity index (χ1v) is 7.88. The molecule has 2 aromatic rings. The predicted molar refractivity (Wildman–Crippen MR) is 78.3 cm³/mol. The Morgan fingerprint density at radius 3 is 3.05 bits per heavy atom. The first-order valence-electron chi connectivity index (χ1n) is 6.15. The van der Waals surface area contributed by atoms with Crippen molar-refractivity contribution in [3.05, 3.63) is 39.0 Å². The second-order valence-electron chi connectivity index (χ2n) is 4.82. The number of carbonyl (C=O) groups excluding carboxylic acids is 1. The Kier molecular flexibility index (Phi) is 3.45. The van der Waals surface area contributed by atoms with Crippen LogP contribution in [0.1, 0.15) is 35.1 Å². The highest BCUT2D eigenvalue weighted by atomic mass is 79.9. The van der Waals surface area contributed by atoms with Crippen molar-refractivity contribution < 1.29 is 4.79 Å². The average Bonchev–Trinajstić information content (AvgIpc) is 2.97. The number of hydrogen-bond donors (Lipinski definition) is 0. The minimum absolute atomic E-state index is 0.0469. The van der Waals surface area contributed by atoms with E-state index in [9.17, 15) is 4.79 Å². The number of thiazole rings is 1. The Bertz CT molecular complexity index is 589. The number of aromatic nitrogens is 2. The molecule has 1 aliphatic rings. The maximum Gasteiger partial charge on any atom is 0.270 e. The Morgan fingerprint density at radius 1 is 1.63 bits per heavy atom. The van der Waals surface area contributed by atoms with Crippen LogP contribution in [0.3, 0.4) is 0 Å². The molecule has 1 amide bonds. The highest BCUT2D eigenvalue weighted by Gasteiger charge is 2.28. The molecule has 19 heavy (non-hydrogen) atoms. The molecule has 1 aliphatic carbocycles. The Labute approximate surface area is 124 Å². The molecule has 0 spiro atoms. The van der Waals surface area contributed by atoms with Crippen LogP contribution in [0.5, 0.6) is 0 Å². The van der Waals surface area contributed by atoms with Crippen molar-refractivity contribution in [1.29, 1.82) is 0 Å². The molecular formula is C13H14BrN3OS. The summed E-state index contributed by atoms with van der Waals surface area (Å²) in [6.45, 7) is 0.551. The summed E-state index contributed by atoms with van der Waals surface area (Å²) in [6, 6.07) is 2.40. The highest BCUT2D eigenvalue weighted by Crippen LogP contribution is 2.37. The summed E-state index contributed by atoms with van der Waals surface area (Å²) in [5.41, 5.74) is 3.48. The van der Waals surface area contributed by atoms with Crippen LogP contribution in [-0.2, 0) is 6.54 Å². The predicted octanol–water partition coefficient (Wildman–Crippen LogP) is 3.31. The van der Waals surface area contributed by atoms with E-state index in [2.05, 4.69) is 25.5 Å². The van der Waals surface area contributed by atoms with Gasteiger partial charge in [-0.1, -0.05) is 0 Å². The quantitative estimate of drug-likeness (QED) is 0.856. The molecule has 1 saturated carbocycles. The van der Waals surface area contributed by atoms with Crippen LogP contribution in [0.2, 0.25) is 0 Å². The summed E-state index contributed by atoms with van der Waals surface area (Å²) in [7, 11) is 1.82. The van der Waals surface area contributed by atoms with Crippen molar-refractivity contribution in [3.63, 3.8) is 0 Å². The van der Waals surface area contributed by atoms with Crippen LogP contribution >= 0.6 is 27.3 Å². The van der Waals surface area contributed by atoms with Gasteiger partial charge in [0.25, 0.3) is 5.91 Å².